The summed E-state index contributed by atoms with van der Waals surface area (Å²) in [6, 6.07) is 7.30. The number of nitrogens with zero attached hydrogens (tertiary/aromatic N) is 1. The van der Waals surface area contributed by atoms with Crippen LogP contribution in [0.2, 0.25) is 0 Å². The van der Waals surface area contributed by atoms with E-state index < -0.39 is 0 Å². The number of aryl methyl sites for hydroxylation is 1. The van der Waals surface area contributed by atoms with E-state index in [-0.39, 0.29) is 12.6 Å². The summed E-state index contributed by atoms with van der Waals surface area (Å²) in [6.07, 6.45) is 1.70. The Hall–Kier alpha value is -2.12. The zero-order valence-electron chi connectivity index (χ0n) is 15.8. The predicted octanol–water partition coefficient (Wildman–Crippen LogP) is 3.61. The van der Waals surface area contributed by atoms with Crippen LogP contribution in [0.3, 0.4) is 0 Å². The molecule has 1 aliphatic heterocycles. The van der Waals surface area contributed by atoms with E-state index in [2.05, 4.69) is 34.7 Å². The van der Waals surface area contributed by atoms with Gasteiger partial charge in [-0.05, 0) is 49.6 Å². The minimum absolute atomic E-state index is 0.212. The van der Waals surface area contributed by atoms with Crippen molar-refractivity contribution in [1.29, 1.82) is 0 Å². The van der Waals surface area contributed by atoms with E-state index in [1.165, 1.54) is 21.9 Å². The fraction of sp³-hybridized carbons (Fsp3) is 0.450. The third-order valence-corrected chi connectivity index (χ3v) is 5.46. The van der Waals surface area contributed by atoms with Crippen molar-refractivity contribution in [1.82, 2.24) is 10.6 Å². The Balaban J connectivity index is 1.59. The molecule has 0 unspecified atom stereocenters. The van der Waals surface area contributed by atoms with Crippen molar-refractivity contribution in [3.63, 3.8) is 0 Å². The zero-order valence-corrected chi connectivity index (χ0v) is 16.6. The number of thiophene rings is 1. The number of fused-ring (bicyclic) bond motifs is 1. The Labute approximate surface area is 163 Å². The second-order valence-corrected chi connectivity index (χ2v) is 7.51. The number of nitrogens with one attached hydrogen (secondary N) is 2. The second-order valence-electron chi connectivity index (χ2n) is 6.26. The number of halogens is 1. The van der Waals surface area contributed by atoms with Crippen molar-refractivity contribution < 1.29 is 13.9 Å². The minimum atomic E-state index is -0.261. The lowest BCUT2D eigenvalue weighted by atomic mass is 10.1. The van der Waals surface area contributed by atoms with E-state index in [1.54, 1.807) is 11.3 Å². The summed E-state index contributed by atoms with van der Waals surface area (Å²) in [4.78, 5) is 7.27. The molecule has 3 rings (SSSR count). The summed E-state index contributed by atoms with van der Waals surface area (Å²) >= 11 is 1.80. The van der Waals surface area contributed by atoms with Crippen molar-refractivity contribution in [2.75, 3.05) is 19.9 Å². The molecular formula is C20H26FN3O2S. The highest BCUT2D eigenvalue weighted by Gasteiger charge is 2.16. The number of rotatable bonds is 7. The average Bonchev–Trinajstić information content (AvgIpc) is 3.14. The quantitative estimate of drug-likeness (QED) is 0.559. The first kappa shape index (κ1) is 19.6. The molecule has 1 aromatic heterocycles. The molecule has 0 radical (unpaired) electrons. The Kier molecular flexibility index (Phi) is 7.06. The molecule has 27 heavy (non-hydrogen) atoms. The van der Waals surface area contributed by atoms with E-state index in [0.717, 1.165) is 35.8 Å². The number of aliphatic imine (C=N–C) groups is 1. The van der Waals surface area contributed by atoms with E-state index in [0.29, 0.717) is 26.1 Å². The highest BCUT2D eigenvalue weighted by molar-refractivity contribution is 7.11. The third-order valence-electron chi connectivity index (χ3n) is 4.24. The van der Waals surface area contributed by atoms with Gasteiger partial charge in [-0.1, -0.05) is 6.92 Å². The van der Waals surface area contributed by atoms with Crippen LogP contribution >= 0.6 is 11.3 Å². The van der Waals surface area contributed by atoms with Crippen molar-refractivity contribution in [3.8, 4) is 5.75 Å². The highest BCUT2D eigenvalue weighted by Crippen LogP contribution is 2.29. The zero-order chi connectivity index (χ0) is 19.1. The van der Waals surface area contributed by atoms with Crippen molar-refractivity contribution in [2.24, 2.45) is 4.99 Å². The van der Waals surface area contributed by atoms with Crippen LogP contribution in [0.4, 0.5) is 4.39 Å². The third kappa shape index (κ3) is 5.43. The SMILES string of the molecule is CCNC(=NCc1ccc(CC)s1)NCCc1cc(F)cc2c1OCOC2. The number of benzene rings is 1. The summed E-state index contributed by atoms with van der Waals surface area (Å²) in [5.41, 5.74) is 1.61. The monoisotopic (exact) mass is 391 g/mol. The number of ether oxygens (including phenoxy) is 2. The molecular weight excluding hydrogens is 365 g/mol. The van der Waals surface area contributed by atoms with Crippen LogP contribution in [-0.4, -0.2) is 25.8 Å². The molecule has 0 bridgehead atoms. The molecule has 0 aliphatic carbocycles. The molecule has 146 valence electrons. The van der Waals surface area contributed by atoms with Crippen LogP contribution in [0.5, 0.6) is 5.75 Å². The summed E-state index contributed by atoms with van der Waals surface area (Å²) < 4.78 is 24.6. The fourth-order valence-electron chi connectivity index (χ4n) is 2.95. The molecule has 5 nitrogen and oxygen atoms in total. The Morgan fingerprint density at radius 3 is 2.85 bits per heavy atom. The summed E-state index contributed by atoms with van der Waals surface area (Å²) in [7, 11) is 0. The molecule has 1 aromatic carbocycles. The average molecular weight is 392 g/mol. The van der Waals surface area contributed by atoms with Gasteiger partial charge in [0.15, 0.2) is 12.8 Å². The van der Waals surface area contributed by atoms with Crippen molar-refractivity contribution in [2.45, 2.75) is 39.8 Å². The molecule has 2 N–H and O–H groups in total. The Bertz CT molecular complexity index is 792. The first-order valence-electron chi connectivity index (χ1n) is 9.31. The van der Waals surface area contributed by atoms with Crippen LogP contribution in [-0.2, 0) is 30.7 Å². The van der Waals surface area contributed by atoms with Crippen LogP contribution in [0.1, 0.15) is 34.7 Å². The second kappa shape index (κ2) is 9.71. The van der Waals surface area contributed by atoms with Gasteiger partial charge >= 0.3 is 0 Å². The number of guanidine groups is 1. The first-order valence-corrected chi connectivity index (χ1v) is 10.1. The minimum Gasteiger partial charge on any atom is -0.467 e. The number of hydrogen-bond acceptors (Lipinski definition) is 4. The maximum atomic E-state index is 13.8. The molecule has 7 heteroatoms. The van der Waals surface area contributed by atoms with Gasteiger partial charge in [0, 0.05) is 28.4 Å². The summed E-state index contributed by atoms with van der Waals surface area (Å²) in [6.45, 7) is 6.86. The molecule has 0 saturated carbocycles. The van der Waals surface area contributed by atoms with Crippen LogP contribution in [0, 0.1) is 5.82 Å². The van der Waals surface area contributed by atoms with Gasteiger partial charge in [-0.2, -0.15) is 0 Å². The van der Waals surface area contributed by atoms with Gasteiger partial charge in [-0.15, -0.1) is 11.3 Å². The molecule has 1 aliphatic rings. The van der Waals surface area contributed by atoms with Gasteiger partial charge in [0.2, 0.25) is 0 Å². The molecule has 0 saturated heterocycles. The van der Waals surface area contributed by atoms with Crippen molar-refractivity contribution >= 4 is 17.3 Å². The van der Waals surface area contributed by atoms with E-state index in [9.17, 15) is 4.39 Å². The summed E-state index contributed by atoms with van der Waals surface area (Å²) in [5.74, 6) is 1.25. The lowest BCUT2D eigenvalue weighted by Gasteiger charge is -2.21. The van der Waals surface area contributed by atoms with Gasteiger partial charge in [-0.3, -0.25) is 0 Å². The molecule has 2 aromatic rings. The topological polar surface area (TPSA) is 54.9 Å². The Morgan fingerprint density at radius 2 is 2.07 bits per heavy atom. The Morgan fingerprint density at radius 1 is 1.22 bits per heavy atom. The number of hydrogen-bond donors (Lipinski definition) is 2. The van der Waals surface area contributed by atoms with E-state index >= 15 is 0 Å². The molecule has 0 atom stereocenters. The standard InChI is InChI=1S/C20H26FN3O2S/c1-3-17-5-6-18(27-17)11-24-20(22-4-2)23-8-7-14-9-16(21)10-15-12-25-13-26-19(14)15/h5-6,9-10H,3-4,7-8,11-13H2,1-2H3,(H2,22,23,24). The smallest absolute Gasteiger partial charge is 0.191 e. The van der Waals surface area contributed by atoms with Gasteiger partial charge in [0.1, 0.15) is 11.6 Å². The maximum absolute atomic E-state index is 13.8. The van der Waals surface area contributed by atoms with Gasteiger partial charge in [0.25, 0.3) is 0 Å². The van der Waals surface area contributed by atoms with Crippen molar-refractivity contribution in [3.05, 3.63) is 51.0 Å². The maximum Gasteiger partial charge on any atom is 0.191 e. The van der Waals surface area contributed by atoms with Crippen LogP contribution in [0.15, 0.2) is 29.3 Å². The fourth-order valence-corrected chi connectivity index (χ4v) is 3.84. The lowest BCUT2D eigenvalue weighted by molar-refractivity contribution is -0.0172. The van der Waals surface area contributed by atoms with Gasteiger partial charge < -0.3 is 20.1 Å². The highest BCUT2D eigenvalue weighted by atomic mass is 32.1. The molecule has 0 spiro atoms. The molecule has 0 amide bonds. The van der Waals surface area contributed by atoms with Gasteiger partial charge in [-0.25, -0.2) is 9.38 Å². The normalized spacial score (nSPS) is 13.8. The first-order chi connectivity index (χ1) is 13.2. The van der Waals surface area contributed by atoms with E-state index in [1.807, 2.05) is 6.92 Å². The molecule has 0 fully saturated rings. The largest absolute Gasteiger partial charge is 0.467 e. The lowest BCUT2D eigenvalue weighted by Crippen LogP contribution is -2.38. The van der Waals surface area contributed by atoms with Gasteiger partial charge in [0.05, 0.1) is 13.2 Å². The van der Waals surface area contributed by atoms with Crippen LogP contribution in [0.25, 0.3) is 0 Å². The molecule has 2 heterocycles. The summed E-state index contributed by atoms with van der Waals surface area (Å²) in [5, 5.41) is 6.57. The van der Waals surface area contributed by atoms with E-state index in [4.69, 9.17) is 9.47 Å². The predicted molar refractivity (Wildman–Crippen MR) is 107 cm³/mol. The van der Waals surface area contributed by atoms with Crippen LogP contribution < -0.4 is 15.4 Å².